The van der Waals surface area contributed by atoms with Gasteiger partial charge in [0.2, 0.25) is 11.8 Å². The molecule has 37 heavy (non-hydrogen) atoms. The number of likely N-dealkylation sites (tertiary alicyclic amines) is 1. The Morgan fingerprint density at radius 1 is 1.14 bits per heavy atom. The second-order valence-corrected chi connectivity index (χ2v) is 9.93. The van der Waals surface area contributed by atoms with Crippen LogP contribution in [0.15, 0.2) is 35.3 Å². The number of carboxylic acid groups (broad SMARTS) is 1. The maximum atomic E-state index is 13.6. The smallest absolute Gasteiger partial charge is 0.408 e. The summed E-state index contributed by atoms with van der Waals surface area (Å²) in [5.41, 5.74) is 10.6. The molecule has 1 aliphatic heterocycles. The van der Waals surface area contributed by atoms with Gasteiger partial charge in [-0.25, -0.2) is 9.59 Å². The number of carbonyl (C=O) groups excluding carboxylic acids is 3. The minimum Gasteiger partial charge on any atom is -0.480 e. The first kappa shape index (κ1) is 29.4. The van der Waals surface area contributed by atoms with E-state index < -0.39 is 47.6 Å². The molecule has 1 aliphatic rings. The predicted molar refractivity (Wildman–Crippen MR) is 138 cm³/mol. The Kier molecular flexibility index (Phi) is 10.7. The van der Waals surface area contributed by atoms with Crippen LogP contribution in [-0.2, 0) is 25.5 Å². The first-order chi connectivity index (χ1) is 17.4. The second kappa shape index (κ2) is 13.5. The van der Waals surface area contributed by atoms with E-state index in [0.29, 0.717) is 25.8 Å². The third-order valence-corrected chi connectivity index (χ3v) is 5.67. The molecule has 0 spiro atoms. The van der Waals surface area contributed by atoms with Crippen molar-refractivity contribution in [2.75, 3.05) is 13.1 Å². The molecule has 12 heteroatoms. The van der Waals surface area contributed by atoms with Gasteiger partial charge >= 0.3 is 12.1 Å². The highest BCUT2D eigenvalue weighted by Crippen LogP contribution is 2.20. The van der Waals surface area contributed by atoms with Crippen molar-refractivity contribution in [1.82, 2.24) is 15.5 Å². The van der Waals surface area contributed by atoms with Crippen molar-refractivity contribution in [1.29, 1.82) is 0 Å². The van der Waals surface area contributed by atoms with Crippen molar-refractivity contribution >= 4 is 29.8 Å². The van der Waals surface area contributed by atoms with Crippen LogP contribution < -0.4 is 22.1 Å². The van der Waals surface area contributed by atoms with E-state index in [2.05, 4.69) is 15.6 Å². The summed E-state index contributed by atoms with van der Waals surface area (Å²) < 4.78 is 5.34. The zero-order chi connectivity index (χ0) is 27.6. The Morgan fingerprint density at radius 3 is 2.41 bits per heavy atom. The zero-order valence-electron chi connectivity index (χ0n) is 21.6. The van der Waals surface area contributed by atoms with Crippen LogP contribution in [0.3, 0.4) is 0 Å². The number of rotatable bonds is 11. The summed E-state index contributed by atoms with van der Waals surface area (Å²) in [5, 5.41) is 14.7. The van der Waals surface area contributed by atoms with E-state index in [-0.39, 0.29) is 25.3 Å². The molecule has 12 nitrogen and oxygen atoms in total. The molecule has 2 rings (SSSR count). The third-order valence-electron chi connectivity index (χ3n) is 5.67. The highest BCUT2D eigenvalue weighted by Gasteiger charge is 2.39. The van der Waals surface area contributed by atoms with Crippen LogP contribution >= 0.6 is 0 Å². The summed E-state index contributed by atoms with van der Waals surface area (Å²) in [4.78, 5) is 56.1. The number of nitrogens with two attached hydrogens (primary N) is 2. The van der Waals surface area contributed by atoms with Crippen LogP contribution in [0.4, 0.5) is 4.79 Å². The molecule has 1 heterocycles. The van der Waals surface area contributed by atoms with E-state index in [9.17, 15) is 24.3 Å². The number of nitrogens with one attached hydrogen (secondary N) is 2. The standard InChI is InChI=1S/C25H38N6O6/c1-25(2,3)37-24(36)30-18(15-16-9-5-4-6-10-16)21(33)31-14-8-12-19(31)20(32)29-17(22(34)35)11-7-13-28-23(26)27/h4-6,9-10,17-19H,7-8,11-15H2,1-3H3,(H,29,32)(H,30,36)(H,34,35)(H4,26,27,28)/t17-,18-,19+/m1/s1. The summed E-state index contributed by atoms with van der Waals surface area (Å²) >= 11 is 0. The molecule has 1 aromatic rings. The van der Waals surface area contributed by atoms with Gasteiger partial charge in [0, 0.05) is 19.5 Å². The van der Waals surface area contributed by atoms with Gasteiger partial charge in [0.25, 0.3) is 0 Å². The van der Waals surface area contributed by atoms with Crippen molar-refractivity contribution in [3.8, 4) is 0 Å². The molecule has 0 bridgehead atoms. The monoisotopic (exact) mass is 518 g/mol. The number of carbonyl (C=O) groups is 4. The topological polar surface area (TPSA) is 189 Å². The number of hydrogen-bond donors (Lipinski definition) is 5. The number of benzene rings is 1. The number of amides is 3. The fraction of sp³-hybridized carbons (Fsp3) is 0.560. The fourth-order valence-electron chi connectivity index (χ4n) is 4.03. The second-order valence-electron chi connectivity index (χ2n) is 9.93. The molecule has 0 aromatic heterocycles. The molecule has 1 fully saturated rings. The predicted octanol–water partition coefficient (Wildman–Crippen LogP) is 0.736. The van der Waals surface area contributed by atoms with Gasteiger partial charge in [0.05, 0.1) is 0 Å². The summed E-state index contributed by atoms with van der Waals surface area (Å²) in [5.74, 6) is -2.29. The maximum absolute atomic E-state index is 13.6. The lowest BCUT2D eigenvalue weighted by atomic mass is 10.0. The third kappa shape index (κ3) is 9.98. The quantitative estimate of drug-likeness (QED) is 0.161. The average molecular weight is 519 g/mol. The van der Waals surface area contributed by atoms with E-state index in [4.69, 9.17) is 16.2 Å². The molecule has 0 aliphatic carbocycles. The molecular formula is C25H38N6O6. The molecule has 204 valence electrons. The van der Waals surface area contributed by atoms with Gasteiger partial charge in [-0.2, -0.15) is 0 Å². The number of hydrogen-bond acceptors (Lipinski definition) is 6. The Balaban J connectivity index is 2.14. The number of ether oxygens (including phenoxy) is 1. The molecule has 0 saturated carbocycles. The number of alkyl carbamates (subject to hydrolysis) is 1. The van der Waals surface area contributed by atoms with Crippen LogP contribution in [0.2, 0.25) is 0 Å². The zero-order valence-corrected chi connectivity index (χ0v) is 21.6. The lowest BCUT2D eigenvalue weighted by Crippen LogP contribution is -2.56. The van der Waals surface area contributed by atoms with Crippen molar-refractivity contribution in [2.45, 2.75) is 76.6 Å². The van der Waals surface area contributed by atoms with E-state index in [1.54, 1.807) is 20.8 Å². The van der Waals surface area contributed by atoms with Gasteiger partial charge in [-0.1, -0.05) is 30.3 Å². The van der Waals surface area contributed by atoms with E-state index in [0.717, 1.165) is 5.56 Å². The van der Waals surface area contributed by atoms with Crippen LogP contribution in [0.5, 0.6) is 0 Å². The SMILES string of the molecule is CC(C)(C)OC(=O)N[C@H](Cc1ccccc1)C(=O)N1CCC[C@H]1C(=O)N[C@H](CCCN=C(N)N)C(=O)O. The minimum atomic E-state index is -1.19. The molecular weight excluding hydrogens is 480 g/mol. The minimum absolute atomic E-state index is 0.0962. The first-order valence-electron chi connectivity index (χ1n) is 12.3. The van der Waals surface area contributed by atoms with Crippen molar-refractivity contribution < 1.29 is 29.0 Å². The molecule has 3 atom stereocenters. The van der Waals surface area contributed by atoms with Gasteiger partial charge in [-0.3, -0.25) is 14.6 Å². The van der Waals surface area contributed by atoms with Crippen LogP contribution in [0, 0.1) is 0 Å². The molecule has 1 aromatic carbocycles. The average Bonchev–Trinajstić information content (AvgIpc) is 3.29. The molecule has 0 unspecified atom stereocenters. The lowest BCUT2D eigenvalue weighted by molar-refractivity contribution is -0.144. The van der Waals surface area contributed by atoms with E-state index in [1.165, 1.54) is 4.90 Å². The van der Waals surface area contributed by atoms with Gasteiger partial charge in [-0.05, 0) is 52.0 Å². The number of guanidine groups is 1. The number of aliphatic carboxylic acids is 1. The van der Waals surface area contributed by atoms with E-state index >= 15 is 0 Å². The lowest BCUT2D eigenvalue weighted by Gasteiger charge is -2.30. The Hall–Kier alpha value is -3.83. The van der Waals surface area contributed by atoms with Gasteiger partial charge < -0.3 is 36.8 Å². The first-order valence-corrected chi connectivity index (χ1v) is 12.3. The highest BCUT2D eigenvalue weighted by atomic mass is 16.6. The molecule has 0 radical (unpaired) electrons. The molecule has 1 saturated heterocycles. The van der Waals surface area contributed by atoms with Crippen LogP contribution in [-0.4, -0.2) is 76.7 Å². The Morgan fingerprint density at radius 2 is 1.81 bits per heavy atom. The van der Waals surface area contributed by atoms with Gasteiger partial charge in [0.1, 0.15) is 23.7 Å². The van der Waals surface area contributed by atoms with Crippen LogP contribution in [0.25, 0.3) is 0 Å². The fourth-order valence-corrected chi connectivity index (χ4v) is 4.03. The largest absolute Gasteiger partial charge is 0.480 e. The summed E-state index contributed by atoms with van der Waals surface area (Å²) in [6.07, 6.45) is 0.871. The number of aliphatic imine (C=N–C) groups is 1. The number of nitrogens with zero attached hydrogens (tertiary/aromatic N) is 2. The summed E-state index contributed by atoms with van der Waals surface area (Å²) in [6, 6.07) is 6.20. The van der Waals surface area contributed by atoms with Crippen molar-refractivity contribution in [2.24, 2.45) is 16.5 Å². The normalized spacial score (nSPS) is 16.8. The summed E-state index contributed by atoms with van der Waals surface area (Å²) in [7, 11) is 0. The van der Waals surface area contributed by atoms with Gasteiger partial charge in [0.15, 0.2) is 5.96 Å². The van der Waals surface area contributed by atoms with Crippen LogP contribution in [0.1, 0.15) is 52.0 Å². The Labute approximate surface area is 216 Å². The summed E-state index contributed by atoms with van der Waals surface area (Å²) in [6.45, 7) is 5.70. The van der Waals surface area contributed by atoms with Crippen molar-refractivity contribution in [3.05, 3.63) is 35.9 Å². The van der Waals surface area contributed by atoms with Gasteiger partial charge in [-0.15, -0.1) is 0 Å². The van der Waals surface area contributed by atoms with E-state index in [1.807, 2.05) is 30.3 Å². The molecule has 7 N–H and O–H groups in total. The Bertz CT molecular complexity index is 974. The number of carboxylic acids is 1. The molecule has 3 amide bonds. The van der Waals surface area contributed by atoms with Crippen molar-refractivity contribution in [3.63, 3.8) is 0 Å². The highest BCUT2D eigenvalue weighted by molar-refractivity contribution is 5.93. The maximum Gasteiger partial charge on any atom is 0.408 e.